The molecule has 0 aliphatic heterocycles. The first-order valence-corrected chi connectivity index (χ1v) is 1.81. The zero-order chi connectivity index (χ0) is 5.54. The lowest BCUT2D eigenvalue weighted by Gasteiger charge is -1.80. The molecule has 0 spiro atoms. The lowest BCUT2D eigenvalue weighted by molar-refractivity contribution is 0.248. The molecule has 0 saturated carbocycles. The molecule has 7 heavy (non-hydrogen) atoms. The van der Waals surface area contributed by atoms with E-state index in [1.165, 1.54) is 6.21 Å². The first kappa shape index (κ1) is 6.12. The highest BCUT2D eigenvalue weighted by Crippen LogP contribution is 1.59. The molecule has 0 aliphatic rings. The molecule has 38 valence electrons. The first-order valence-electron chi connectivity index (χ1n) is 1.81. The second-order valence-electron chi connectivity index (χ2n) is 0.867. The van der Waals surface area contributed by atoms with Crippen LogP contribution in [0.4, 0.5) is 0 Å². The van der Waals surface area contributed by atoms with E-state index in [1.807, 2.05) is 0 Å². The number of nitriles is 1. The summed E-state index contributed by atoms with van der Waals surface area (Å²) in [5.41, 5.74) is 0. The summed E-state index contributed by atoms with van der Waals surface area (Å²) < 4.78 is 4.54. The van der Waals surface area contributed by atoms with Crippen molar-refractivity contribution in [2.45, 2.75) is 0 Å². The molecular weight excluding hydrogens is 92.1 g/mol. The summed E-state index contributed by atoms with van der Waals surface area (Å²) in [4.78, 5) is 3.22. The van der Waals surface area contributed by atoms with Crippen molar-refractivity contribution in [1.29, 1.82) is 5.26 Å². The van der Waals surface area contributed by atoms with Crippen molar-refractivity contribution in [3.8, 4) is 6.19 Å². The Morgan fingerprint density at radius 1 is 2.00 bits per heavy atom. The Hall–Kier alpha value is -0.880. The first-order chi connectivity index (χ1) is 3.41. The van der Waals surface area contributed by atoms with Crippen LogP contribution in [-0.4, -0.2) is 19.9 Å². The van der Waals surface area contributed by atoms with Crippen LogP contribution in [0.15, 0.2) is 4.99 Å². The van der Waals surface area contributed by atoms with Crippen molar-refractivity contribution in [3.63, 3.8) is 0 Å². The Morgan fingerprint density at radius 2 is 2.71 bits per heavy atom. The maximum absolute atomic E-state index is 7.79. The van der Waals surface area contributed by atoms with Gasteiger partial charge in [-0.25, -0.2) is 0 Å². The number of methoxy groups -OCH3 is 1. The van der Waals surface area contributed by atoms with E-state index < -0.39 is 0 Å². The second-order valence-corrected chi connectivity index (χ2v) is 0.867. The lowest BCUT2D eigenvalue weighted by atomic mass is 10.8. The molecule has 0 saturated heterocycles. The average Bonchev–Trinajstić information content (AvgIpc) is 1.69. The summed E-state index contributed by atoms with van der Waals surface area (Å²) >= 11 is 0. The van der Waals surface area contributed by atoms with Crippen LogP contribution in [0.2, 0.25) is 0 Å². The SMILES string of the molecule is COCC=NC#N. The fraction of sp³-hybridized carbons (Fsp3) is 0.500. The van der Waals surface area contributed by atoms with Crippen LogP contribution >= 0.6 is 0 Å². The van der Waals surface area contributed by atoms with Gasteiger partial charge in [0.1, 0.15) is 0 Å². The van der Waals surface area contributed by atoms with Crippen molar-refractivity contribution in [2.75, 3.05) is 13.7 Å². The maximum atomic E-state index is 7.79. The Morgan fingerprint density at radius 3 is 3.14 bits per heavy atom. The highest BCUT2D eigenvalue weighted by molar-refractivity contribution is 5.59. The summed E-state index contributed by atoms with van der Waals surface area (Å²) in [5, 5.41) is 7.79. The van der Waals surface area contributed by atoms with Gasteiger partial charge in [-0.1, -0.05) is 0 Å². The van der Waals surface area contributed by atoms with Gasteiger partial charge in [0.05, 0.1) is 6.61 Å². The zero-order valence-corrected chi connectivity index (χ0v) is 4.09. The summed E-state index contributed by atoms with van der Waals surface area (Å²) in [6.45, 7) is 0.410. The van der Waals surface area contributed by atoms with Gasteiger partial charge in [0, 0.05) is 13.3 Å². The van der Waals surface area contributed by atoms with Gasteiger partial charge in [0.2, 0.25) is 6.19 Å². The van der Waals surface area contributed by atoms with Crippen molar-refractivity contribution < 1.29 is 4.74 Å². The molecule has 0 amide bonds. The van der Waals surface area contributed by atoms with E-state index in [1.54, 1.807) is 13.3 Å². The van der Waals surface area contributed by atoms with E-state index in [4.69, 9.17) is 5.26 Å². The Kier molecular flexibility index (Phi) is 4.48. The molecule has 0 aromatic carbocycles. The molecule has 0 atom stereocenters. The molecule has 0 radical (unpaired) electrons. The summed E-state index contributed by atoms with van der Waals surface area (Å²) in [7, 11) is 1.55. The van der Waals surface area contributed by atoms with Gasteiger partial charge in [-0.2, -0.15) is 10.3 Å². The summed E-state index contributed by atoms with van der Waals surface area (Å²) in [6.07, 6.45) is 2.99. The summed E-state index contributed by atoms with van der Waals surface area (Å²) in [6, 6.07) is 0. The van der Waals surface area contributed by atoms with E-state index in [2.05, 4.69) is 9.73 Å². The predicted molar refractivity (Wildman–Crippen MR) is 26.0 cm³/mol. The van der Waals surface area contributed by atoms with Gasteiger partial charge >= 0.3 is 0 Å². The molecule has 0 aromatic heterocycles. The van der Waals surface area contributed by atoms with E-state index >= 15 is 0 Å². The average molecular weight is 98.1 g/mol. The molecule has 0 aromatic rings. The number of hydrogen-bond acceptors (Lipinski definition) is 3. The quantitative estimate of drug-likeness (QED) is 0.365. The van der Waals surface area contributed by atoms with Gasteiger partial charge in [-0.05, 0) is 0 Å². The minimum absolute atomic E-state index is 0.410. The third-order valence-corrected chi connectivity index (χ3v) is 0.390. The van der Waals surface area contributed by atoms with Gasteiger partial charge in [-0.3, -0.25) is 0 Å². The molecule has 3 nitrogen and oxygen atoms in total. The normalized spacial score (nSPS) is 9.14. The fourth-order valence-electron chi connectivity index (χ4n) is 0.153. The number of ether oxygens (including phenoxy) is 1. The Balaban J connectivity index is 2.97. The number of aliphatic imine (C=N–C) groups is 1. The van der Waals surface area contributed by atoms with Gasteiger partial charge in [-0.15, -0.1) is 0 Å². The zero-order valence-electron chi connectivity index (χ0n) is 4.09. The van der Waals surface area contributed by atoms with Crippen molar-refractivity contribution >= 4 is 6.21 Å². The number of hydrogen-bond donors (Lipinski definition) is 0. The second kappa shape index (κ2) is 5.12. The molecule has 0 fully saturated rings. The standard InChI is InChI=1S/C4H6N2O/c1-7-3-2-6-4-5/h2H,3H2,1H3. The molecule has 0 aliphatic carbocycles. The third-order valence-electron chi connectivity index (χ3n) is 0.390. The molecule has 0 bridgehead atoms. The van der Waals surface area contributed by atoms with Crippen LogP contribution in [0.1, 0.15) is 0 Å². The van der Waals surface area contributed by atoms with Gasteiger partial charge < -0.3 is 4.74 Å². The number of nitrogens with zero attached hydrogens (tertiary/aromatic N) is 2. The molecule has 0 heterocycles. The number of rotatable bonds is 2. The molecular formula is C4H6N2O. The minimum atomic E-state index is 0.410. The van der Waals surface area contributed by atoms with Crippen molar-refractivity contribution in [3.05, 3.63) is 0 Å². The topological polar surface area (TPSA) is 45.4 Å². The van der Waals surface area contributed by atoms with Crippen LogP contribution < -0.4 is 0 Å². The van der Waals surface area contributed by atoms with Crippen LogP contribution in [0.3, 0.4) is 0 Å². The van der Waals surface area contributed by atoms with E-state index in [9.17, 15) is 0 Å². The molecule has 0 unspecified atom stereocenters. The van der Waals surface area contributed by atoms with Crippen molar-refractivity contribution in [2.24, 2.45) is 4.99 Å². The highest BCUT2D eigenvalue weighted by atomic mass is 16.5. The monoisotopic (exact) mass is 98.0 g/mol. The smallest absolute Gasteiger partial charge is 0.205 e. The Bertz CT molecular complexity index is 92.4. The van der Waals surface area contributed by atoms with E-state index in [-0.39, 0.29) is 0 Å². The van der Waals surface area contributed by atoms with Crippen LogP contribution in [0.25, 0.3) is 0 Å². The highest BCUT2D eigenvalue weighted by Gasteiger charge is 1.66. The third kappa shape index (κ3) is 5.12. The molecule has 3 heteroatoms. The largest absolute Gasteiger partial charge is 0.379 e. The molecule has 0 rings (SSSR count). The lowest BCUT2D eigenvalue weighted by Crippen LogP contribution is -1.86. The summed E-state index contributed by atoms with van der Waals surface area (Å²) in [5.74, 6) is 0. The van der Waals surface area contributed by atoms with E-state index in [0.29, 0.717) is 6.61 Å². The van der Waals surface area contributed by atoms with Gasteiger partial charge in [0.25, 0.3) is 0 Å². The van der Waals surface area contributed by atoms with Crippen LogP contribution in [0, 0.1) is 11.5 Å². The van der Waals surface area contributed by atoms with E-state index in [0.717, 1.165) is 0 Å². The van der Waals surface area contributed by atoms with Crippen molar-refractivity contribution in [1.82, 2.24) is 0 Å². The predicted octanol–water partition coefficient (Wildman–Crippen LogP) is 0.185. The maximum Gasteiger partial charge on any atom is 0.205 e. The minimum Gasteiger partial charge on any atom is -0.379 e. The Labute approximate surface area is 42.2 Å². The fourth-order valence-corrected chi connectivity index (χ4v) is 0.153. The molecule has 0 N–H and O–H groups in total. The van der Waals surface area contributed by atoms with Crippen LogP contribution in [-0.2, 0) is 4.74 Å². The van der Waals surface area contributed by atoms with Gasteiger partial charge in [0.15, 0.2) is 0 Å². The van der Waals surface area contributed by atoms with Crippen LogP contribution in [0.5, 0.6) is 0 Å².